The molecule has 174 valence electrons. The molecule has 8 nitrogen and oxygen atoms in total. The predicted octanol–water partition coefficient (Wildman–Crippen LogP) is 4.58. The number of carbonyl (C=O) groups is 2. The first-order chi connectivity index (χ1) is 16.6. The van der Waals surface area contributed by atoms with Crippen LogP contribution in [0, 0.1) is 0 Å². The SMILES string of the molecule is COc1ccc(CCN[C@@H]2CC(=O)N(c3ccc(N=Nc4ccccc4)cc3)C2=O)cc1OC. The number of hydrogen-bond donors (Lipinski definition) is 1. The number of anilines is 1. The minimum absolute atomic E-state index is 0.125. The van der Waals surface area contributed by atoms with E-state index in [9.17, 15) is 9.59 Å². The molecule has 0 saturated carbocycles. The molecule has 0 spiro atoms. The molecule has 1 fully saturated rings. The molecule has 0 unspecified atom stereocenters. The van der Waals surface area contributed by atoms with Gasteiger partial charge in [-0.1, -0.05) is 24.3 Å². The molecule has 0 aromatic heterocycles. The molecule has 1 N–H and O–H groups in total. The van der Waals surface area contributed by atoms with Crippen molar-refractivity contribution in [3.63, 3.8) is 0 Å². The molecular formula is C26H26N4O4. The number of nitrogens with zero attached hydrogens (tertiary/aromatic N) is 3. The Morgan fingerprint density at radius 1 is 0.882 bits per heavy atom. The second kappa shape index (κ2) is 10.7. The number of methoxy groups -OCH3 is 2. The number of hydrogen-bond acceptors (Lipinski definition) is 7. The average molecular weight is 459 g/mol. The summed E-state index contributed by atoms with van der Waals surface area (Å²) in [5.74, 6) is 0.840. The highest BCUT2D eigenvalue weighted by atomic mass is 16.5. The number of carbonyl (C=O) groups excluding carboxylic acids is 2. The number of nitrogens with one attached hydrogen (secondary N) is 1. The molecule has 0 radical (unpaired) electrons. The van der Waals surface area contributed by atoms with Gasteiger partial charge in [0.15, 0.2) is 11.5 Å². The van der Waals surface area contributed by atoms with Gasteiger partial charge in [-0.15, -0.1) is 0 Å². The Morgan fingerprint density at radius 3 is 2.24 bits per heavy atom. The maximum Gasteiger partial charge on any atom is 0.251 e. The largest absolute Gasteiger partial charge is 0.493 e. The molecule has 1 saturated heterocycles. The lowest BCUT2D eigenvalue weighted by Crippen LogP contribution is -2.39. The minimum Gasteiger partial charge on any atom is -0.493 e. The van der Waals surface area contributed by atoms with E-state index in [0.717, 1.165) is 11.3 Å². The molecule has 0 bridgehead atoms. The molecule has 1 atom stereocenters. The number of ether oxygens (including phenoxy) is 2. The number of amides is 2. The maximum absolute atomic E-state index is 12.9. The summed E-state index contributed by atoms with van der Waals surface area (Å²) < 4.78 is 10.6. The van der Waals surface area contributed by atoms with E-state index in [0.29, 0.717) is 35.8 Å². The molecule has 34 heavy (non-hydrogen) atoms. The van der Waals surface area contributed by atoms with Crippen LogP contribution in [0.4, 0.5) is 17.1 Å². The Hall–Kier alpha value is -4.04. The first-order valence-electron chi connectivity index (χ1n) is 11.0. The fourth-order valence-electron chi connectivity index (χ4n) is 3.77. The highest BCUT2D eigenvalue weighted by Gasteiger charge is 2.39. The third-order valence-electron chi connectivity index (χ3n) is 5.54. The van der Waals surface area contributed by atoms with Gasteiger partial charge in [0.1, 0.15) is 0 Å². The molecule has 2 amide bonds. The van der Waals surface area contributed by atoms with Crippen LogP contribution in [0.3, 0.4) is 0 Å². The second-order valence-electron chi connectivity index (χ2n) is 7.77. The van der Waals surface area contributed by atoms with Crippen molar-refractivity contribution in [2.24, 2.45) is 10.2 Å². The van der Waals surface area contributed by atoms with E-state index in [1.54, 1.807) is 38.5 Å². The molecule has 3 aromatic rings. The summed E-state index contributed by atoms with van der Waals surface area (Å²) in [6.45, 7) is 0.547. The lowest BCUT2D eigenvalue weighted by molar-refractivity contribution is -0.121. The van der Waals surface area contributed by atoms with Crippen molar-refractivity contribution in [2.75, 3.05) is 25.7 Å². The van der Waals surface area contributed by atoms with Crippen molar-refractivity contribution in [3.8, 4) is 11.5 Å². The molecule has 4 rings (SSSR count). The summed E-state index contributed by atoms with van der Waals surface area (Å²) in [5, 5.41) is 11.6. The summed E-state index contributed by atoms with van der Waals surface area (Å²) in [7, 11) is 3.19. The topological polar surface area (TPSA) is 92.6 Å². The zero-order valence-electron chi connectivity index (χ0n) is 19.1. The third kappa shape index (κ3) is 5.29. The third-order valence-corrected chi connectivity index (χ3v) is 5.54. The van der Waals surface area contributed by atoms with Crippen molar-refractivity contribution >= 4 is 28.9 Å². The Balaban J connectivity index is 1.35. The summed E-state index contributed by atoms with van der Waals surface area (Å²) in [4.78, 5) is 26.7. The van der Waals surface area contributed by atoms with Crippen LogP contribution in [0.15, 0.2) is 83.0 Å². The second-order valence-corrected chi connectivity index (χ2v) is 7.77. The maximum atomic E-state index is 12.9. The summed E-state index contributed by atoms with van der Waals surface area (Å²) >= 11 is 0. The van der Waals surface area contributed by atoms with Gasteiger partial charge in [0.05, 0.1) is 43.7 Å². The number of imide groups is 1. The van der Waals surface area contributed by atoms with Crippen molar-refractivity contribution in [3.05, 3.63) is 78.4 Å². The summed E-state index contributed by atoms with van der Waals surface area (Å²) in [5.41, 5.74) is 2.95. The standard InChI is InChI=1S/C26H26N4O4/c1-33-23-13-8-18(16-24(23)34-2)14-15-27-22-17-25(31)30(26(22)32)21-11-9-20(10-12-21)29-28-19-6-4-3-5-7-19/h3-13,16,22,27H,14-15,17H2,1-2H3/t22-/m1/s1. The quantitative estimate of drug-likeness (QED) is 0.374. The van der Waals surface area contributed by atoms with Crippen LogP contribution in [-0.4, -0.2) is 38.6 Å². The van der Waals surface area contributed by atoms with Gasteiger partial charge in [0, 0.05) is 0 Å². The van der Waals surface area contributed by atoms with Crippen LogP contribution in [0.1, 0.15) is 12.0 Å². The molecule has 8 heteroatoms. The van der Waals surface area contributed by atoms with Gasteiger partial charge < -0.3 is 14.8 Å². The van der Waals surface area contributed by atoms with Crippen LogP contribution in [-0.2, 0) is 16.0 Å². The van der Waals surface area contributed by atoms with Crippen LogP contribution in [0.2, 0.25) is 0 Å². The van der Waals surface area contributed by atoms with Gasteiger partial charge in [-0.2, -0.15) is 10.2 Å². The van der Waals surface area contributed by atoms with E-state index >= 15 is 0 Å². The molecule has 1 heterocycles. The van der Waals surface area contributed by atoms with Crippen LogP contribution < -0.4 is 19.7 Å². The molecule has 1 aliphatic heterocycles. The Kier molecular flexibility index (Phi) is 7.29. The summed E-state index contributed by atoms with van der Waals surface area (Å²) in [6.07, 6.45) is 0.805. The van der Waals surface area contributed by atoms with E-state index in [-0.39, 0.29) is 18.2 Å². The van der Waals surface area contributed by atoms with E-state index in [4.69, 9.17) is 9.47 Å². The highest BCUT2D eigenvalue weighted by molar-refractivity contribution is 6.22. The zero-order chi connectivity index (χ0) is 23.9. The van der Waals surface area contributed by atoms with Crippen molar-refractivity contribution < 1.29 is 19.1 Å². The van der Waals surface area contributed by atoms with Crippen molar-refractivity contribution in [1.82, 2.24) is 5.32 Å². The Morgan fingerprint density at radius 2 is 1.56 bits per heavy atom. The van der Waals surface area contributed by atoms with E-state index in [2.05, 4.69) is 15.5 Å². The van der Waals surface area contributed by atoms with Gasteiger partial charge >= 0.3 is 0 Å². The first-order valence-corrected chi connectivity index (χ1v) is 11.0. The Bertz CT molecular complexity index is 1180. The number of azo groups is 1. The Labute approximate surface area is 198 Å². The van der Waals surface area contributed by atoms with Gasteiger partial charge in [-0.05, 0) is 67.1 Å². The summed E-state index contributed by atoms with van der Waals surface area (Å²) in [6, 6.07) is 21.5. The fourth-order valence-corrected chi connectivity index (χ4v) is 3.77. The van der Waals surface area contributed by atoms with Crippen LogP contribution in [0.25, 0.3) is 0 Å². The van der Waals surface area contributed by atoms with Gasteiger partial charge in [0.2, 0.25) is 5.91 Å². The first kappa shape index (κ1) is 23.1. The lowest BCUT2D eigenvalue weighted by atomic mass is 10.1. The smallest absolute Gasteiger partial charge is 0.251 e. The van der Waals surface area contributed by atoms with Gasteiger partial charge in [-0.3, -0.25) is 9.59 Å². The van der Waals surface area contributed by atoms with Crippen LogP contribution >= 0.6 is 0 Å². The average Bonchev–Trinajstić information content (AvgIpc) is 3.16. The van der Waals surface area contributed by atoms with E-state index in [1.807, 2.05) is 48.5 Å². The predicted molar refractivity (Wildman–Crippen MR) is 129 cm³/mol. The fraction of sp³-hybridized carbons (Fsp3) is 0.231. The number of rotatable bonds is 9. The number of benzene rings is 3. The van der Waals surface area contributed by atoms with Crippen molar-refractivity contribution in [2.45, 2.75) is 18.9 Å². The normalized spacial score (nSPS) is 15.8. The monoisotopic (exact) mass is 458 g/mol. The van der Waals surface area contributed by atoms with Crippen LogP contribution in [0.5, 0.6) is 11.5 Å². The highest BCUT2D eigenvalue weighted by Crippen LogP contribution is 2.28. The van der Waals surface area contributed by atoms with Crippen molar-refractivity contribution in [1.29, 1.82) is 0 Å². The minimum atomic E-state index is -0.551. The molecule has 1 aliphatic rings. The van der Waals surface area contributed by atoms with E-state index in [1.165, 1.54) is 4.90 Å². The molecule has 3 aromatic carbocycles. The molecule has 0 aliphatic carbocycles. The van der Waals surface area contributed by atoms with Gasteiger partial charge in [-0.25, -0.2) is 4.90 Å². The van der Waals surface area contributed by atoms with E-state index < -0.39 is 6.04 Å². The molecular weight excluding hydrogens is 432 g/mol. The van der Waals surface area contributed by atoms with Gasteiger partial charge in [0.25, 0.3) is 5.91 Å². The zero-order valence-corrected chi connectivity index (χ0v) is 19.1. The lowest BCUT2D eigenvalue weighted by Gasteiger charge is -2.16.